The van der Waals surface area contributed by atoms with E-state index >= 15 is 0 Å². The maximum atomic E-state index is 13.1. The van der Waals surface area contributed by atoms with E-state index in [9.17, 15) is 19.5 Å². The molecule has 0 fully saturated rings. The van der Waals surface area contributed by atoms with E-state index in [4.69, 9.17) is 0 Å². The predicted molar refractivity (Wildman–Crippen MR) is 112 cm³/mol. The lowest BCUT2D eigenvalue weighted by Gasteiger charge is -2.22. The molecule has 2 atom stereocenters. The minimum Gasteiger partial charge on any atom is -0.480 e. The Balaban J connectivity index is 1.91. The molecule has 2 aromatic carbocycles. The van der Waals surface area contributed by atoms with Crippen molar-refractivity contribution in [3.05, 3.63) is 70.5 Å². The van der Waals surface area contributed by atoms with Crippen LogP contribution in [0.1, 0.15) is 31.9 Å². The van der Waals surface area contributed by atoms with Crippen molar-refractivity contribution in [3.8, 4) is 0 Å². The number of nitrogens with one attached hydrogen (secondary N) is 1. The first kappa shape index (κ1) is 21.2. The van der Waals surface area contributed by atoms with E-state index < -0.39 is 29.5 Å². The average Bonchev–Trinajstić information content (AvgIpc) is 2.73. The molecule has 2 unspecified atom stereocenters. The molecule has 156 valence electrons. The molecular formula is C22H24N4O4. The topological polar surface area (TPSA) is 114 Å². The van der Waals surface area contributed by atoms with E-state index in [0.29, 0.717) is 17.3 Å². The standard InChI is InChI=1S/C22H24N4O4/c1-14(2)12-19(26-21(28)16-10-6-7-11-17(16)24-25-26)20(27)23-18(22(29)30)13-15-8-4-3-5-9-15/h3-11,14,18-19H,12-13H2,1-2H3,(H,23,27)(H,29,30). The Labute approximate surface area is 173 Å². The van der Waals surface area contributed by atoms with Crippen molar-refractivity contribution in [2.75, 3.05) is 0 Å². The third-order valence-corrected chi connectivity index (χ3v) is 4.78. The van der Waals surface area contributed by atoms with Gasteiger partial charge in [0.15, 0.2) is 0 Å². The third-order valence-electron chi connectivity index (χ3n) is 4.78. The first-order valence-electron chi connectivity index (χ1n) is 9.78. The van der Waals surface area contributed by atoms with Gasteiger partial charge in [0.25, 0.3) is 5.56 Å². The number of rotatable bonds is 8. The maximum Gasteiger partial charge on any atom is 0.326 e. The fraction of sp³-hybridized carbons (Fsp3) is 0.318. The van der Waals surface area contributed by atoms with Crippen LogP contribution < -0.4 is 10.9 Å². The second-order valence-electron chi connectivity index (χ2n) is 7.59. The van der Waals surface area contributed by atoms with Crippen LogP contribution in [0.15, 0.2) is 59.4 Å². The fourth-order valence-corrected chi connectivity index (χ4v) is 3.29. The highest BCUT2D eigenvalue weighted by Crippen LogP contribution is 2.17. The second-order valence-corrected chi connectivity index (χ2v) is 7.59. The normalized spacial score (nSPS) is 13.2. The highest BCUT2D eigenvalue weighted by Gasteiger charge is 2.29. The molecule has 0 radical (unpaired) electrons. The summed E-state index contributed by atoms with van der Waals surface area (Å²) in [7, 11) is 0. The number of carboxylic acids is 1. The van der Waals surface area contributed by atoms with Gasteiger partial charge >= 0.3 is 5.97 Å². The molecular weight excluding hydrogens is 384 g/mol. The molecule has 0 saturated heterocycles. The summed E-state index contributed by atoms with van der Waals surface area (Å²) in [5.41, 5.74) is 0.791. The minimum absolute atomic E-state index is 0.0679. The van der Waals surface area contributed by atoms with Crippen LogP contribution in [0.2, 0.25) is 0 Å². The fourth-order valence-electron chi connectivity index (χ4n) is 3.29. The van der Waals surface area contributed by atoms with Crippen molar-refractivity contribution in [1.82, 2.24) is 20.3 Å². The Morgan fingerprint density at radius 3 is 2.40 bits per heavy atom. The van der Waals surface area contributed by atoms with Gasteiger partial charge in [-0.25, -0.2) is 4.79 Å². The Hall–Kier alpha value is -3.55. The Morgan fingerprint density at radius 1 is 1.07 bits per heavy atom. The van der Waals surface area contributed by atoms with Crippen molar-refractivity contribution in [2.24, 2.45) is 5.92 Å². The van der Waals surface area contributed by atoms with Gasteiger partial charge in [-0.1, -0.05) is 61.5 Å². The van der Waals surface area contributed by atoms with Gasteiger partial charge in [-0.05, 0) is 30.0 Å². The first-order valence-corrected chi connectivity index (χ1v) is 9.78. The number of aliphatic carboxylic acids is 1. The molecule has 8 nitrogen and oxygen atoms in total. The molecule has 1 heterocycles. The molecule has 30 heavy (non-hydrogen) atoms. The summed E-state index contributed by atoms with van der Waals surface area (Å²) in [6.07, 6.45) is 0.449. The lowest BCUT2D eigenvalue weighted by molar-refractivity contribution is -0.142. The second kappa shape index (κ2) is 9.30. The number of amides is 1. The molecule has 0 aliphatic carbocycles. The smallest absolute Gasteiger partial charge is 0.326 e. The van der Waals surface area contributed by atoms with E-state index in [-0.39, 0.29) is 12.3 Å². The van der Waals surface area contributed by atoms with Gasteiger partial charge in [0, 0.05) is 6.42 Å². The van der Waals surface area contributed by atoms with E-state index in [2.05, 4.69) is 15.6 Å². The molecule has 2 N–H and O–H groups in total. The van der Waals surface area contributed by atoms with E-state index in [0.717, 1.165) is 10.2 Å². The SMILES string of the molecule is CC(C)CC(C(=O)NC(Cc1ccccc1)C(=O)O)n1nnc2ccccc2c1=O. The van der Waals surface area contributed by atoms with Gasteiger partial charge in [-0.15, -0.1) is 5.10 Å². The van der Waals surface area contributed by atoms with Gasteiger partial charge in [0.1, 0.15) is 17.6 Å². The van der Waals surface area contributed by atoms with Crippen LogP contribution >= 0.6 is 0 Å². The van der Waals surface area contributed by atoms with Gasteiger partial charge < -0.3 is 10.4 Å². The molecule has 0 bridgehead atoms. The molecule has 8 heteroatoms. The highest BCUT2D eigenvalue weighted by atomic mass is 16.4. The molecule has 0 spiro atoms. The van der Waals surface area contributed by atoms with Crippen LogP contribution in [0.4, 0.5) is 0 Å². The van der Waals surface area contributed by atoms with Crippen LogP contribution in [0.25, 0.3) is 10.9 Å². The summed E-state index contributed by atoms with van der Waals surface area (Å²) in [6, 6.07) is 13.7. The first-order chi connectivity index (χ1) is 14.4. The lowest BCUT2D eigenvalue weighted by atomic mass is 10.0. The Morgan fingerprint density at radius 2 is 1.73 bits per heavy atom. The average molecular weight is 408 g/mol. The van der Waals surface area contributed by atoms with Gasteiger partial charge in [0.05, 0.1) is 5.39 Å². The molecule has 0 aliphatic heterocycles. The maximum absolute atomic E-state index is 13.1. The van der Waals surface area contributed by atoms with E-state index in [1.54, 1.807) is 36.4 Å². The Bertz CT molecular complexity index is 1090. The lowest BCUT2D eigenvalue weighted by Crippen LogP contribution is -2.47. The number of hydrogen-bond acceptors (Lipinski definition) is 5. The van der Waals surface area contributed by atoms with Crippen LogP contribution in [0, 0.1) is 5.92 Å². The van der Waals surface area contributed by atoms with Crippen molar-refractivity contribution >= 4 is 22.8 Å². The largest absolute Gasteiger partial charge is 0.480 e. The zero-order valence-electron chi connectivity index (χ0n) is 16.9. The van der Waals surface area contributed by atoms with Crippen molar-refractivity contribution in [1.29, 1.82) is 0 Å². The summed E-state index contributed by atoms with van der Waals surface area (Å²) in [4.78, 5) is 37.8. The van der Waals surface area contributed by atoms with Crippen molar-refractivity contribution in [3.63, 3.8) is 0 Å². The molecule has 3 rings (SSSR count). The number of carboxylic acid groups (broad SMARTS) is 1. The number of carbonyl (C=O) groups excluding carboxylic acids is 1. The quantitative estimate of drug-likeness (QED) is 0.591. The monoisotopic (exact) mass is 408 g/mol. The van der Waals surface area contributed by atoms with Crippen LogP contribution in [-0.4, -0.2) is 38.0 Å². The van der Waals surface area contributed by atoms with E-state index in [1.165, 1.54) is 0 Å². The number of aromatic nitrogens is 3. The van der Waals surface area contributed by atoms with Crippen molar-refractivity contribution < 1.29 is 14.7 Å². The summed E-state index contributed by atoms with van der Waals surface area (Å²) < 4.78 is 1.05. The van der Waals surface area contributed by atoms with Crippen LogP contribution in [0.3, 0.4) is 0 Å². The van der Waals surface area contributed by atoms with Gasteiger partial charge in [0.2, 0.25) is 5.91 Å². The zero-order valence-corrected chi connectivity index (χ0v) is 16.9. The number of fused-ring (bicyclic) bond motifs is 1. The zero-order chi connectivity index (χ0) is 21.7. The van der Waals surface area contributed by atoms with Crippen molar-refractivity contribution in [2.45, 2.75) is 38.8 Å². The van der Waals surface area contributed by atoms with E-state index in [1.807, 2.05) is 32.0 Å². The molecule has 0 saturated carbocycles. The van der Waals surface area contributed by atoms with Gasteiger partial charge in [-0.3, -0.25) is 9.59 Å². The summed E-state index contributed by atoms with van der Waals surface area (Å²) in [5.74, 6) is -1.65. The number of benzene rings is 2. The molecule has 0 aliphatic rings. The number of hydrogen-bond donors (Lipinski definition) is 2. The highest BCUT2D eigenvalue weighted by molar-refractivity contribution is 5.86. The third kappa shape index (κ3) is 4.89. The summed E-state index contributed by atoms with van der Waals surface area (Å²) >= 11 is 0. The summed E-state index contributed by atoms with van der Waals surface area (Å²) in [5, 5.41) is 20.5. The predicted octanol–water partition coefficient (Wildman–Crippen LogP) is 2.19. The molecule has 1 aromatic heterocycles. The van der Waals surface area contributed by atoms with Gasteiger partial charge in [-0.2, -0.15) is 4.68 Å². The number of carbonyl (C=O) groups is 2. The molecule has 1 amide bonds. The molecule has 3 aromatic rings. The van der Waals surface area contributed by atoms with Crippen LogP contribution in [-0.2, 0) is 16.0 Å². The summed E-state index contributed by atoms with van der Waals surface area (Å²) in [6.45, 7) is 3.83. The Kier molecular flexibility index (Phi) is 6.56. The minimum atomic E-state index is -1.15. The van der Waals surface area contributed by atoms with Crippen LogP contribution in [0.5, 0.6) is 0 Å². The number of nitrogens with zero attached hydrogens (tertiary/aromatic N) is 3.